The van der Waals surface area contributed by atoms with E-state index in [0.717, 1.165) is 0 Å². The normalized spacial score (nSPS) is 52.4. The van der Waals surface area contributed by atoms with Gasteiger partial charge in [0.05, 0.1) is 0 Å². The zero-order valence-electron chi connectivity index (χ0n) is 6.55. The third-order valence-electron chi connectivity index (χ3n) is 4.00. The second-order valence-corrected chi connectivity index (χ2v) is 4.88. The topological polar surface area (TPSA) is 0 Å². The van der Waals surface area contributed by atoms with Crippen LogP contribution in [0.4, 0.5) is 0 Å². The van der Waals surface area contributed by atoms with Crippen LogP contribution < -0.4 is 0 Å². The van der Waals surface area contributed by atoms with Gasteiger partial charge >= 0.3 is 48.9 Å². The van der Waals surface area contributed by atoms with E-state index in [0.29, 0.717) is 0 Å². The fourth-order valence-electron chi connectivity index (χ4n) is 3.98. The fraction of sp³-hybridized carbons (Fsp3) is 1.00. The van der Waals surface area contributed by atoms with E-state index in [1.807, 2.05) is 0 Å². The molecule has 0 spiro atoms. The third kappa shape index (κ3) is 1.62. The van der Waals surface area contributed by atoms with Crippen LogP contribution in [-0.2, 0) is 0 Å². The molecule has 0 aromatic carbocycles. The second kappa shape index (κ2) is 3.38. The van der Waals surface area contributed by atoms with Crippen LogP contribution in [0.1, 0.15) is 38.5 Å². The second-order valence-electron chi connectivity index (χ2n) is 4.88. The average molecular weight is 276 g/mol. The molecule has 60 valence electrons. The summed E-state index contributed by atoms with van der Waals surface area (Å²) in [6, 6.07) is 0. The third-order valence-corrected chi connectivity index (χ3v) is 4.00. The summed E-state index contributed by atoms with van der Waals surface area (Å²) in [5, 5.41) is 0. The summed E-state index contributed by atoms with van der Waals surface area (Å²) >= 11 is 0. The predicted molar refractivity (Wildman–Crippen MR) is 50.2 cm³/mol. The number of hydrogen-bond acceptors (Lipinski definition) is 0. The average Bonchev–Trinajstić information content (AvgIpc) is 1.82. The molecule has 0 heterocycles. The van der Waals surface area contributed by atoms with Crippen LogP contribution >= 0.6 is 0 Å². The molecule has 0 N–H and O–H groups in total. The van der Waals surface area contributed by atoms with Crippen LogP contribution in [0.2, 0.25) is 0 Å². The van der Waals surface area contributed by atoms with E-state index in [2.05, 4.69) is 0 Å². The molecule has 0 nitrogen and oxygen atoms in total. The Morgan fingerprint density at radius 2 is 0.636 bits per heavy atom. The Bertz CT molecular complexity index is 96.4. The van der Waals surface area contributed by atoms with E-state index in [1.54, 1.807) is 38.5 Å². The van der Waals surface area contributed by atoms with Crippen molar-refractivity contribution in [1.29, 1.82) is 0 Å². The van der Waals surface area contributed by atoms with Gasteiger partial charge in [0.15, 0.2) is 0 Å². The Balaban J connectivity index is 0.000000480. The molecule has 0 amide bonds. The zero-order valence-corrected chi connectivity index (χ0v) is 6.55. The van der Waals surface area contributed by atoms with Gasteiger partial charge in [-0.1, -0.05) is 0 Å². The maximum absolute atomic E-state index is 1.60. The van der Waals surface area contributed by atoms with E-state index in [-0.39, 0.29) is 48.9 Å². The molecule has 0 aromatic heterocycles. The minimum atomic E-state index is 0. The Morgan fingerprint density at radius 1 is 0.455 bits per heavy atom. The monoisotopic (exact) mass is 276 g/mol. The summed E-state index contributed by atoms with van der Waals surface area (Å²) in [7, 11) is 0. The first-order valence-electron chi connectivity index (χ1n) is 4.90. The maximum atomic E-state index is 1.60. The van der Waals surface area contributed by atoms with Crippen molar-refractivity contribution in [3.63, 3.8) is 0 Å². The first-order valence-corrected chi connectivity index (χ1v) is 4.90. The molecular weight excluding hydrogens is 257 g/mol. The Morgan fingerprint density at radius 3 is 0.818 bits per heavy atom. The minimum absolute atomic E-state index is 0. The molecule has 0 saturated heterocycles. The quantitative estimate of drug-likeness (QED) is 0.593. The van der Waals surface area contributed by atoms with Gasteiger partial charge in [0.1, 0.15) is 0 Å². The van der Waals surface area contributed by atoms with Crippen molar-refractivity contribution in [3.05, 3.63) is 0 Å². The predicted octanol–water partition coefficient (Wildman–Crippen LogP) is 1.92. The molecule has 0 unspecified atom stereocenters. The van der Waals surface area contributed by atoms with Gasteiger partial charge in [-0.3, -0.25) is 0 Å². The van der Waals surface area contributed by atoms with Crippen molar-refractivity contribution in [1.82, 2.24) is 0 Å². The van der Waals surface area contributed by atoms with E-state index in [1.165, 1.54) is 23.7 Å². The van der Waals surface area contributed by atoms with Crippen LogP contribution in [0, 0.1) is 23.7 Å². The van der Waals surface area contributed by atoms with Gasteiger partial charge in [0, 0.05) is 0 Å². The summed E-state index contributed by atoms with van der Waals surface area (Å²) in [5.74, 6) is 4.71. The van der Waals surface area contributed by atoms with Crippen molar-refractivity contribution in [2.45, 2.75) is 38.5 Å². The molecule has 4 aliphatic rings. The van der Waals surface area contributed by atoms with Gasteiger partial charge < -0.3 is 0 Å². The number of hydrogen-bond donors (Lipinski definition) is 0. The molecule has 4 rings (SSSR count). The molecular formula is C10H18Ba. The molecule has 0 aliphatic heterocycles. The summed E-state index contributed by atoms with van der Waals surface area (Å²) in [4.78, 5) is 0. The van der Waals surface area contributed by atoms with E-state index >= 15 is 0 Å². The van der Waals surface area contributed by atoms with Gasteiger partial charge in [-0.25, -0.2) is 0 Å². The van der Waals surface area contributed by atoms with E-state index in [4.69, 9.17) is 0 Å². The number of rotatable bonds is 0. The SMILES string of the molecule is C1C2CC3CC1CC(C2)C3.[BaH2]. The molecule has 1 heteroatoms. The van der Waals surface area contributed by atoms with Crippen molar-refractivity contribution < 1.29 is 0 Å². The zero-order chi connectivity index (χ0) is 6.55. The summed E-state index contributed by atoms with van der Waals surface area (Å²) in [6.45, 7) is 0. The summed E-state index contributed by atoms with van der Waals surface area (Å²) in [6.07, 6.45) is 9.62. The van der Waals surface area contributed by atoms with Gasteiger partial charge in [0.25, 0.3) is 0 Å². The van der Waals surface area contributed by atoms with E-state index in [9.17, 15) is 0 Å². The van der Waals surface area contributed by atoms with Gasteiger partial charge in [0.2, 0.25) is 0 Å². The molecule has 4 bridgehead atoms. The van der Waals surface area contributed by atoms with Crippen LogP contribution in [-0.4, -0.2) is 48.9 Å². The van der Waals surface area contributed by atoms with Crippen molar-refractivity contribution >= 4 is 48.9 Å². The Hall–Kier alpha value is 1.57. The standard InChI is InChI=1S/C10H16.Ba.2H/c1-7-2-9-4-8(1)5-10(3-7)6-9;;;/h7-10H,1-6H2;;;. The molecule has 0 atom stereocenters. The molecule has 4 fully saturated rings. The van der Waals surface area contributed by atoms with Crippen molar-refractivity contribution in [2.75, 3.05) is 0 Å². The molecule has 4 aliphatic carbocycles. The van der Waals surface area contributed by atoms with Crippen LogP contribution in [0.5, 0.6) is 0 Å². The summed E-state index contributed by atoms with van der Waals surface area (Å²) in [5.41, 5.74) is 0. The van der Waals surface area contributed by atoms with Crippen LogP contribution in [0.15, 0.2) is 0 Å². The Labute approximate surface area is 110 Å². The van der Waals surface area contributed by atoms with Gasteiger partial charge in [-0.2, -0.15) is 0 Å². The summed E-state index contributed by atoms with van der Waals surface area (Å²) < 4.78 is 0. The van der Waals surface area contributed by atoms with Crippen LogP contribution in [0.3, 0.4) is 0 Å². The van der Waals surface area contributed by atoms with Gasteiger partial charge in [-0.05, 0) is 62.2 Å². The first kappa shape index (κ1) is 9.14. The van der Waals surface area contributed by atoms with Crippen molar-refractivity contribution in [2.24, 2.45) is 23.7 Å². The van der Waals surface area contributed by atoms with Crippen LogP contribution in [0.25, 0.3) is 0 Å². The molecule has 0 aromatic rings. The fourth-order valence-corrected chi connectivity index (χ4v) is 3.98. The molecule has 4 saturated carbocycles. The van der Waals surface area contributed by atoms with Crippen molar-refractivity contribution in [3.8, 4) is 0 Å². The van der Waals surface area contributed by atoms with Gasteiger partial charge in [-0.15, -0.1) is 0 Å². The first-order chi connectivity index (χ1) is 4.90. The molecule has 11 heavy (non-hydrogen) atoms. The van der Waals surface area contributed by atoms with E-state index < -0.39 is 0 Å². The molecule has 0 radical (unpaired) electrons. The Kier molecular flexibility index (Phi) is 2.80.